The molecule has 0 saturated heterocycles. The van der Waals surface area contributed by atoms with Crippen LogP contribution in [-0.2, 0) is 6.54 Å². The van der Waals surface area contributed by atoms with Gasteiger partial charge in [0.25, 0.3) is 5.91 Å². The molecule has 3 aromatic rings. The Morgan fingerprint density at radius 1 is 1.23 bits per heavy atom. The minimum Gasteiger partial charge on any atom is -0.459 e. The number of amides is 1. The van der Waals surface area contributed by atoms with Crippen molar-refractivity contribution in [2.24, 2.45) is 0 Å². The highest BCUT2D eigenvalue weighted by atomic mass is 35.5. The summed E-state index contributed by atoms with van der Waals surface area (Å²) in [7, 11) is 0. The number of hydrogen-bond acceptors (Lipinski definition) is 3. The van der Waals surface area contributed by atoms with Crippen LogP contribution in [0.5, 0.6) is 0 Å². The second-order valence-corrected chi connectivity index (χ2v) is 5.30. The lowest BCUT2D eigenvalue weighted by Crippen LogP contribution is -2.15. The Bertz CT molecular complexity index is 797. The smallest absolute Gasteiger partial charge is 0.292 e. The van der Waals surface area contributed by atoms with Crippen molar-refractivity contribution in [3.63, 3.8) is 0 Å². The highest BCUT2D eigenvalue weighted by molar-refractivity contribution is 6.42. The molecule has 3 rings (SSSR count). The Morgan fingerprint density at radius 2 is 2.09 bits per heavy atom. The van der Waals surface area contributed by atoms with E-state index >= 15 is 0 Å². The van der Waals surface area contributed by atoms with Gasteiger partial charge in [0, 0.05) is 6.07 Å². The molecule has 5 nitrogen and oxygen atoms in total. The standard InChI is InChI=1S/C15H11Cl2N3O2/c16-11-4-1-3-10(14(11)17)9-20-13(6-7-18-20)19-15(21)12-5-2-8-22-12/h1-8H,9H2,(H,19,21). The maximum Gasteiger partial charge on any atom is 0.292 e. The van der Waals surface area contributed by atoms with Crippen molar-refractivity contribution >= 4 is 34.9 Å². The van der Waals surface area contributed by atoms with Crippen molar-refractivity contribution in [3.8, 4) is 0 Å². The van der Waals surface area contributed by atoms with E-state index in [2.05, 4.69) is 10.4 Å². The number of aromatic nitrogens is 2. The first-order valence-electron chi connectivity index (χ1n) is 6.44. The van der Waals surface area contributed by atoms with Gasteiger partial charge in [-0.3, -0.25) is 4.79 Å². The molecule has 2 aromatic heterocycles. The fourth-order valence-corrected chi connectivity index (χ4v) is 2.36. The van der Waals surface area contributed by atoms with E-state index in [1.807, 2.05) is 12.1 Å². The molecule has 1 aromatic carbocycles. The van der Waals surface area contributed by atoms with Gasteiger partial charge in [0.1, 0.15) is 5.82 Å². The second kappa shape index (κ2) is 6.25. The van der Waals surface area contributed by atoms with Crippen LogP contribution in [0.15, 0.2) is 53.3 Å². The molecule has 0 saturated carbocycles. The van der Waals surface area contributed by atoms with Crippen molar-refractivity contribution in [2.75, 3.05) is 5.32 Å². The SMILES string of the molecule is O=C(Nc1ccnn1Cc1cccc(Cl)c1Cl)c1ccco1. The number of furan rings is 1. The number of benzene rings is 1. The normalized spacial score (nSPS) is 10.6. The van der Waals surface area contributed by atoms with Crippen molar-refractivity contribution in [1.82, 2.24) is 9.78 Å². The summed E-state index contributed by atoms with van der Waals surface area (Å²) in [6.45, 7) is 0.389. The maximum absolute atomic E-state index is 12.0. The van der Waals surface area contributed by atoms with Crippen molar-refractivity contribution in [3.05, 3.63) is 70.2 Å². The number of rotatable bonds is 4. The van der Waals surface area contributed by atoms with Gasteiger partial charge >= 0.3 is 0 Å². The second-order valence-electron chi connectivity index (χ2n) is 4.52. The Hall–Kier alpha value is -2.24. The van der Waals surface area contributed by atoms with Crippen LogP contribution < -0.4 is 5.32 Å². The minimum atomic E-state index is -0.344. The average Bonchev–Trinajstić information content (AvgIpc) is 3.16. The summed E-state index contributed by atoms with van der Waals surface area (Å²) >= 11 is 12.2. The van der Waals surface area contributed by atoms with Crippen LogP contribution in [0, 0.1) is 0 Å². The summed E-state index contributed by atoms with van der Waals surface area (Å²) in [4.78, 5) is 12.0. The Labute approximate surface area is 136 Å². The largest absolute Gasteiger partial charge is 0.459 e. The molecule has 0 aliphatic heterocycles. The zero-order valence-corrected chi connectivity index (χ0v) is 12.8. The zero-order chi connectivity index (χ0) is 15.5. The molecular weight excluding hydrogens is 325 g/mol. The number of halogens is 2. The monoisotopic (exact) mass is 335 g/mol. The lowest BCUT2D eigenvalue weighted by atomic mass is 10.2. The van der Waals surface area contributed by atoms with Gasteiger partial charge in [-0.1, -0.05) is 35.3 Å². The molecule has 2 heterocycles. The van der Waals surface area contributed by atoms with Crippen LogP contribution in [0.1, 0.15) is 16.1 Å². The fourth-order valence-electron chi connectivity index (χ4n) is 1.98. The van der Waals surface area contributed by atoms with Crippen LogP contribution in [0.3, 0.4) is 0 Å². The van der Waals surface area contributed by atoms with E-state index in [0.717, 1.165) is 5.56 Å². The third-order valence-corrected chi connectivity index (χ3v) is 3.91. The minimum absolute atomic E-state index is 0.230. The Kier molecular flexibility index (Phi) is 4.18. The molecule has 112 valence electrons. The van der Waals surface area contributed by atoms with E-state index in [1.54, 1.807) is 35.1 Å². The van der Waals surface area contributed by atoms with Crippen LogP contribution in [-0.4, -0.2) is 15.7 Å². The molecular formula is C15H11Cl2N3O2. The van der Waals surface area contributed by atoms with Gasteiger partial charge in [-0.05, 0) is 23.8 Å². The zero-order valence-electron chi connectivity index (χ0n) is 11.3. The molecule has 22 heavy (non-hydrogen) atoms. The summed E-state index contributed by atoms with van der Waals surface area (Å²) < 4.78 is 6.68. The van der Waals surface area contributed by atoms with Crippen LogP contribution in [0.2, 0.25) is 10.0 Å². The maximum atomic E-state index is 12.0. The van der Waals surface area contributed by atoms with Gasteiger partial charge in [-0.15, -0.1) is 0 Å². The van der Waals surface area contributed by atoms with Gasteiger partial charge < -0.3 is 9.73 Å². The summed E-state index contributed by atoms with van der Waals surface area (Å²) in [5.41, 5.74) is 0.811. The molecule has 0 radical (unpaired) electrons. The lowest BCUT2D eigenvalue weighted by molar-refractivity contribution is 0.0995. The predicted molar refractivity (Wildman–Crippen MR) is 84.5 cm³/mol. The van der Waals surface area contributed by atoms with Crippen LogP contribution in [0.25, 0.3) is 0 Å². The van der Waals surface area contributed by atoms with E-state index in [0.29, 0.717) is 22.4 Å². The highest BCUT2D eigenvalue weighted by Crippen LogP contribution is 2.26. The van der Waals surface area contributed by atoms with E-state index < -0.39 is 0 Å². The number of anilines is 1. The molecule has 0 aliphatic rings. The van der Waals surface area contributed by atoms with Gasteiger partial charge in [0.2, 0.25) is 0 Å². The summed E-state index contributed by atoms with van der Waals surface area (Å²) in [5, 5.41) is 7.88. The number of nitrogens with zero attached hydrogens (tertiary/aromatic N) is 2. The number of hydrogen-bond donors (Lipinski definition) is 1. The Morgan fingerprint density at radius 3 is 2.86 bits per heavy atom. The summed E-state index contributed by atoms with van der Waals surface area (Å²) in [5.74, 6) is 0.426. The molecule has 1 N–H and O–H groups in total. The molecule has 0 aliphatic carbocycles. The molecule has 0 spiro atoms. The van der Waals surface area contributed by atoms with E-state index in [9.17, 15) is 4.79 Å². The van der Waals surface area contributed by atoms with Gasteiger partial charge in [-0.25, -0.2) is 4.68 Å². The summed E-state index contributed by atoms with van der Waals surface area (Å²) in [6, 6.07) is 10.3. The van der Waals surface area contributed by atoms with Crippen LogP contribution >= 0.6 is 23.2 Å². The van der Waals surface area contributed by atoms with E-state index in [4.69, 9.17) is 27.6 Å². The molecule has 0 unspecified atom stereocenters. The fraction of sp³-hybridized carbons (Fsp3) is 0.0667. The molecule has 1 amide bonds. The highest BCUT2D eigenvalue weighted by Gasteiger charge is 2.13. The quantitative estimate of drug-likeness (QED) is 0.781. The number of carbonyl (C=O) groups excluding carboxylic acids is 1. The molecule has 0 bridgehead atoms. The third kappa shape index (κ3) is 3.00. The first-order valence-corrected chi connectivity index (χ1v) is 7.20. The topological polar surface area (TPSA) is 60.1 Å². The van der Waals surface area contributed by atoms with E-state index in [-0.39, 0.29) is 11.7 Å². The molecule has 0 atom stereocenters. The third-order valence-electron chi connectivity index (χ3n) is 3.05. The van der Waals surface area contributed by atoms with Crippen LogP contribution in [0.4, 0.5) is 5.82 Å². The summed E-state index contributed by atoms with van der Waals surface area (Å²) in [6.07, 6.45) is 3.04. The first kappa shape index (κ1) is 14.7. The van der Waals surface area contributed by atoms with Gasteiger partial charge in [-0.2, -0.15) is 5.10 Å². The van der Waals surface area contributed by atoms with Gasteiger partial charge in [0.15, 0.2) is 5.76 Å². The number of carbonyl (C=O) groups is 1. The van der Waals surface area contributed by atoms with Crippen molar-refractivity contribution < 1.29 is 9.21 Å². The van der Waals surface area contributed by atoms with E-state index in [1.165, 1.54) is 6.26 Å². The van der Waals surface area contributed by atoms with Crippen molar-refractivity contribution in [2.45, 2.75) is 6.54 Å². The van der Waals surface area contributed by atoms with Crippen molar-refractivity contribution in [1.29, 1.82) is 0 Å². The predicted octanol–water partition coefficient (Wildman–Crippen LogP) is 4.08. The molecule has 0 fully saturated rings. The average molecular weight is 336 g/mol. The lowest BCUT2D eigenvalue weighted by Gasteiger charge is -2.10. The Balaban J connectivity index is 1.80. The first-order chi connectivity index (χ1) is 10.6. The molecule has 7 heteroatoms. The number of nitrogens with one attached hydrogen (secondary N) is 1. The van der Waals surface area contributed by atoms with Gasteiger partial charge in [0.05, 0.1) is 29.1 Å².